The second-order valence-corrected chi connectivity index (χ2v) is 4.32. The highest BCUT2D eigenvalue weighted by atomic mass is 16.2. The molecule has 0 aromatic heterocycles. The van der Waals surface area contributed by atoms with Crippen LogP contribution in [-0.2, 0) is 4.79 Å². The number of primary amides is 1. The third-order valence-electron chi connectivity index (χ3n) is 2.60. The summed E-state index contributed by atoms with van der Waals surface area (Å²) in [6.45, 7) is 3.24. The number of benzene rings is 1. The normalized spacial score (nSPS) is 10.0. The third kappa shape index (κ3) is 5.39. The number of aryl methyl sites for hydroxylation is 1. The zero-order chi connectivity index (χ0) is 14.3. The van der Waals surface area contributed by atoms with Gasteiger partial charge in [-0.1, -0.05) is 12.1 Å². The summed E-state index contributed by atoms with van der Waals surface area (Å²) < 4.78 is 0. The first-order chi connectivity index (χ1) is 9.02. The van der Waals surface area contributed by atoms with E-state index in [1.54, 1.807) is 0 Å². The lowest BCUT2D eigenvalue weighted by molar-refractivity contribution is -0.118. The maximum atomic E-state index is 11.6. The Kier molecular flexibility index (Phi) is 5.81. The van der Waals surface area contributed by atoms with Crippen molar-refractivity contribution < 1.29 is 9.59 Å². The first kappa shape index (κ1) is 15.0. The summed E-state index contributed by atoms with van der Waals surface area (Å²) in [6.07, 6.45) is 0.762. The number of anilines is 1. The average Bonchev–Trinajstić information content (AvgIpc) is 2.33. The van der Waals surface area contributed by atoms with Gasteiger partial charge in [0.15, 0.2) is 0 Å². The minimum Gasteiger partial charge on any atom is -0.362 e. The molecular weight excluding hydrogens is 244 g/mol. The quantitative estimate of drug-likeness (QED) is 0.689. The van der Waals surface area contributed by atoms with Gasteiger partial charge in [-0.05, 0) is 37.6 Å². The molecule has 0 aliphatic carbocycles. The van der Waals surface area contributed by atoms with Gasteiger partial charge in [0.1, 0.15) is 0 Å². The molecule has 5 N–H and O–H groups in total. The number of carbonyl (C=O) groups is 2. The molecule has 19 heavy (non-hydrogen) atoms. The SMILES string of the molecule is Cc1cccc(N(CCCN)CC(=O)NC(N)=O)c1. The fourth-order valence-corrected chi connectivity index (χ4v) is 1.76. The van der Waals surface area contributed by atoms with Gasteiger partial charge in [-0.3, -0.25) is 10.1 Å². The lowest BCUT2D eigenvalue weighted by Gasteiger charge is -2.24. The second kappa shape index (κ2) is 7.38. The van der Waals surface area contributed by atoms with Gasteiger partial charge in [-0.2, -0.15) is 0 Å². The summed E-state index contributed by atoms with van der Waals surface area (Å²) >= 11 is 0. The van der Waals surface area contributed by atoms with Crippen LogP contribution < -0.4 is 21.7 Å². The minimum absolute atomic E-state index is 0.0758. The number of hydrogen-bond donors (Lipinski definition) is 3. The fourth-order valence-electron chi connectivity index (χ4n) is 1.76. The number of nitrogens with zero attached hydrogens (tertiary/aromatic N) is 1. The first-order valence-corrected chi connectivity index (χ1v) is 6.14. The Labute approximate surface area is 112 Å². The van der Waals surface area contributed by atoms with Crippen molar-refractivity contribution >= 4 is 17.6 Å². The van der Waals surface area contributed by atoms with Crippen LogP contribution in [0.2, 0.25) is 0 Å². The Bertz CT molecular complexity index is 448. The summed E-state index contributed by atoms with van der Waals surface area (Å²) in [5.41, 5.74) is 12.4. The summed E-state index contributed by atoms with van der Waals surface area (Å²) in [4.78, 5) is 24.1. The fraction of sp³-hybridized carbons (Fsp3) is 0.385. The Morgan fingerprint density at radius 1 is 1.37 bits per heavy atom. The maximum absolute atomic E-state index is 11.6. The van der Waals surface area contributed by atoms with Crippen molar-refractivity contribution in [1.29, 1.82) is 0 Å². The standard InChI is InChI=1S/C13H20N4O2/c1-10-4-2-5-11(8-10)17(7-3-6-14)9-12(18)16-13(15)19/h2,4-5,8H,3,6-7,9,14H2,1H3,(H3,15,16,18,19). The molecule has 0 spiro atoms. The van der Waals surface area contributed by atoms with E-state index in [2.05, 4.69) is 5.32 Å². The van der Waals surface area contributed by atoms with Crippen molar-refractivity contribution in [2.75, 3.05) is 24.5 Å². The van der Waals surface area contributed by atoms with Crippen LogP contribution in [-0.4, -0.2) is 31.6 Å². The van der Waals surface area contributed by atoms with E-state index in [1.807, 2.05) is 36.1 Å². The molecule has 0 saturated carbocycles. The van der Waals surface area contributed by atoms with Crippen LogP contribution in [0, 0.1) is 6.92 Å². The van der Waals surface area contributed by atoms with Crippen molar-refractivity contribution in [3.8, 4) is 0 Å². The summed E-state index contributed by atoms with van der Waals surface area (Å²) in [5.74, 6) is -0.425. The van der Waals surface area contributed by atoms with Gasteiger partial charge < -0.3 is 16.4 Å². The molecule has 6 nitrogen and oxygen atoms in total. The van der Waals surface area contributed by atoms with Crippen LogP contribution in [0.25, 0.3) is 0 Å². The Morgan fingerprint density at radius 2 is 2.11 bits per heavy atom. The molecule has 6 heteroatoms. The van der Waals surface area contributed by atoms with Crippen LogP contribution in [0.15, 0.2) is 24.3 Å². The van der Waals surface area contributed by atoms with E-state index in [0.29, 0.717) is 13.1 Å². The monoisotopic (exact) mass is 264 g/mol. The van der Waals surface area contributed by atoms with E-state index in [-0.39, 0.29) is 6.54 Å². The van der Waals surface area contributed by atoms with Crippen LogP contribution in [0.5, 0.6) is 0 Å². The Balaban J connectivity index is 2.76. The largest absolute Gasteiger partial charge is 0.362 e. The van der Waals surface area contributed by atoms with E-state index in [1.165, 1.54) is 0 Å². The van der Waals surface area contributed by atoms with Gasteiger partial charge in [-0.15, -0.1) is 0 Å². The molecular formula is C13H20N4O2. The number of carbonyl (C=O) groups excluding carboxylic acids is 2. The molecule has 1 aromatic carbocycles. The van der Waals surface area contributed by atoms with Crippen LogP contribution in [0.1, 0.15) is 12.0 Å². The molecule has 0 radical (unpaired) electrons. The number of rotatable bonds is 6. The Morgan fingerprint density at radius 3 is 2.68 bits per heavy atom. The highest BCUT2D eigenvalue weighted by molar-refractivity contribution is 5.95. The summed E-state index contributed by atoms with van der Waals surface area (Å²) in [6, 6.07) is 6.96. The predicted molar refractivity (Wildman–Crippen MR) is 74.8 cm³/mol. The van der Waals surface area contributed by atoms with Crippen molar-refractivity contribution in [3.63, 3.8) is 0 Å². The predicted octanol–water partition coefficient (Wildman–Crippen LogP) is 0.345. The number of amides is 3. The molecule has 0 aliphatic rings. The Hall–Kier alpha value is -2.08. The molecule has 1 aromatic rings. The van der Waals surface area contributed by atoms with Crippen molar-refractivity contribution in [3.05, 3.63) is 29.8 Å². The lowest BCUT2D eigenvalue weighted by atomic mass is 10.2. The van der Waals surface area contributed by atoms with E-state index in [0.717, 1.165) is 17.7 Å². The van der Waals surface area contributed by atoms with Crippen LogP contribution in [0.4, 0.5) is 10.5 Å². The van der Waals surface area contributed by atoms with E-state index < -0.39 is 11.9 Å². The molecule has 0 aliphatic heterocycles. The highest BCUT2D eigenvalue weighted by Gasteiger charge is 2.12. The topological polar surface area (TPSA) is 101 Å². The molecule has 0 fully saturated rings. The van der Waals surface area contributed by atoms with Crippen LogP contribution >= 0.6 is 0 Å². The molecule has 1 rings (SSSR count). The zero-order valence-corrected chi connectivity index (χ0v) is 11.1. The number of imide groups is 1. The van der Waals surface area contributed by atoms with Crippen molar-refractivity contribution in [2.45, 2.75) is 13.3 Å². The second-order valence-electron chi connectivity index (χ2n) is 4.32. The minimum atomic E-state index is -0.840. The molecule has 0 bridgehead atoms. The third-order valence-corrected chi connectivity index (χ3v) is 2.60. The summed E-state index contributed by atoms with van der Waals surface area (Å²) in [5, 5.41) is 2.06. The lowest BCUT2D eigenvalue weighted by Crippen LogP contribution is -2.43. The number of nitrogens with two attached hydrogens (primary N) is 2. The van der Waals surface area contributed by atoms with E-state index >= 15 is 0 Å². The average molecular weight is 264 g/mol. The zero-order valence-electron chi connectivity index (χ0n) is 11.1. The number of urea groups is 1. The molecule has 104 valence electrons. The highest BCUT2D eigenvalue weighted by Crippen LogP contribution is 2.15. The van der Waals surface area contributed by atoms with Gasteiger partial charge in [0.25, 0.3) is 0 Å². The number of nitrogens with one attached hydrogen (secondary N) is 1. The smallest absolute Gasteiger partial charge is 0.318 e. The molecule has 0 unspecified atom stereocenters. The number of hydrogen-bond acceptors (Lipinski definition) is 4. The van der Waals surface area contributed by atoms with Gasteiger partial charge in [0.2, 0.25) is 5.91 Å². The first-order valence-electron chi connectivity index (χ1n) is 6.14. The summed E-state index contributed by atoms with van der Waals surface area (Å²) in [7, 11) is 0. The van der Waals surface area contributed by atoms with Gasteiger partial charge in [0.05, 0.1) is 6.54 Å². The van der Waals surface area contributed by atoms with E-state index in [9.17, 15) is 9.59 Å². The molecule has 0 heterocycles. The molecule has 3 amide bonds. The van der Waals surface area contributed by atoms with Gasteiger partial charge >= 0.3 is 6.03 Å². The maximum Gasteiger partial charge on any atom is 0.318 e. The van der Waals surface area contributed by atoms with Crippen molar-refractivity contribution in [1.82, 2.24) is 5.32 Å². The van der Waals surface area contributed by atoms with Crippen LogP contribution in [0.3, 0.4) is 0 Å². The molecule has 0 atom stereocenters. The van der Waals surface area contributed by atoms with Gasteiger partial charge in [0, 0.05) is 12.2 Å². The van der Waals surface area contributed by atoms with Gasteiger partial charge in [-0.25, -0.2) is 4.79 Å². The molecule has 0 saturated heterocycles. The van der Waals surface area contributed by atoms with Crippen molar-refractivity contribution in [2.24, 2.45) is 11.5 Å². The van der Waals surface area contributed by atoms with E-state index in [4.69, 9.17) is 11.5 Å².